The minimum atomic E-state index is 0.135. The van der Waals surface area contributed by atoms with Crippen LogP contribution in [0.2, 0.25) is 0 Å². The molecule has 1 aromatic carbocycles. The molecular formula is C32H31IN14. The predicted molar refractivity (Wildman–Crippen MR) is 185 cm³/mol. The lowest BCUT2D eigenvalue weighted by atomic mass is 10.0. The molecule has 2 atom stereocenters. The van der Waals surface area contributed by atoms with Crippen molar-refractivity contribution >= 4 is 45.4 Å². The van der Waals surface area contributed by atoms with Crippen molar-refractivity contribution in [3.8, 4) is 34.7 Å². The molecule has 1 saturated heterocycles. The molecule has 0 aliphatic carbocycles. The first-order chi connectivity index (χ1) is 22.9. The Kier molecular flexibility index (Phi) is 8.43. The number of halogens is 1. The normalized spacial score (nSPS) is 16.8. The number of rotatable bonds is 8. The number of nitriles is 1. The third kappa shape index (κ3) is 6.33. The molecule has 6 aromatic rings. The molecule has 5 aromatic heterocycles. The van der Waals surface area contributed by atoms with Crippen LogP contribution in [0.4, 0.5) is 11.6 Å². The zero-order valence-corrected chi connectivity index (χ0v) is 27.9. The Morgan fingerprint density at radius 1 is 1.00 bits per heavy atom. The van der Waals surface area contributed by atoms with E-state index < -0.39 is 0 Å². The van der Waals surface area contributed by atoms with Gasteiger partial charge >= 0.3 is 0 Å². The largest absolute Gasteiger partial charge is 0.382 e. The van der Waals surface area contributed by atoms with Crippen molar-refractivity contribution in [2.24, 2.45) is 0 Å². The summed E-state index contributed by atoms with van der Waals surface area (Å²) in [6, 6.07) is 16.5. The van der Waals surface area contributed by atoms with Crippen molar-refractivity contribution in [1.29, 1.82) is 5.26 Å². The summed E-state index contributed by atoms with van der Waals surface area (Å²) in [5, 5.41) is 21.6. The lowest BCUT2D eigenvalue weighted by Gasteiger charge is -2.37. The summed E-state index contributed by atoms with van der Waals surface area (Å²) >= 11 is 2.51. The number of nitrogens with zero attached hydrogens (tertiary/aromatic N) is 12. The van der Waals surface area contributed by atoms with E-state index in [0.717, 1.165) is 31.6 Å². The van der Waals surface area contributed by atoms with Crippen LogP contribution >= 0.6 is 22.6 Å². The molecule has 0 saturated carbocycles. The first-order valence-corrected chi connectivity index (χ1v) is 16.5. The number of alkyl halides is 1. The summed E-state index contributed by atoms with van der Waals surface area (Å²) in [6.07, 6.45) is 8.43. The van der Waals surface area contributed by atoms with E-state index >= 15 is 0 Å². The maximum Gasteiger partial charge on any atom is 0.234 e. The second-order valence-electron chi connectivity index (χ2n) is 11.6. The number of hydrogen-bond donors (Lipinski definition) is 2. The van der Waals surface area contributed by atoms with Gasteiger partial charge in [-0.25, -0.2) is 29.9 Å². The average molecular weight is 739 g/mol. The summed E-state index contributed by atoms with van der Waals surface area (Å²) in [4.78, 5) is 31.1. The van der Waals surface area contributed by atoms with Gasteiger partial charge < -0.3 is 11.1 Å². The highest BCUT2D eigenvalue weighted by atomic mass is 127. The zero-order valence-electron chi connectivity index (χ0n) is 25.7. The van der Waals surface area contributed by atoms with E-state index in [1.165, 1.54) is 5.56 Å². The number of imidazole rings is 1. The molecule has 47 heavy (non-hydrogen) atoms. The van der Waals surface area contributed by atoms with Gasteiger partial charge in [0.1, 0.15) is 28.8 Å². The number of anilines is 2. The molecule has 0 spiro atoms. The number of nitrogens with one attached hydrogen (secondary N) is 1. The molecule has 0 bridgehead atoms. The lowest BCUT2D eigenvalue weighted by molar-refractivity contribution is 0.199. The standard InChI is InChI=1S/C32H31IN14/c1-19(2)47-39-17-25(44-47)23-7-8-24-31(41-23)46(32(42-24)29-30(35)38-13-12-37-29)22-5-3-20(4-6-22)18-45-14-10-21(15-26(45)33)40-27-9-11-36-28(16-34)43-27/h3-9,11-13,17,19,21,26H,10,14-15,18H2,1-2H3,(H2,35,38)(H,36,40,43). The summed E-state index contributed by atoms with van der Waals surface area (Å²) in [5.41, 5.74) is 11.6. The summed E-state index contributed by atoms with van der Waals surface area (Å²) in [6.45, 7) is 5.81. The molecule has 15 heteroatoms. The number of pyridine rings is 1. The van der Waals surface area contributed by atoms with Crippen LogP contribution in [0.5, 0.6) is 0 Å². The van der Waals surface area contributed by atoms with Crippen LogP contribution in [0.3, 0.4) is 0 Å². The fraction of sp³-hybridized carbons (Fsp3) is 0.281. The monoisotopic (exact) mass is 738 g/mol. The van der Waals surface area contributed by atoms with Crippen LogP contribution in [0.15, 0.2) is 67.3 Å². The number of piperidine rings is 1. The van der Waals surface area contributed by atoms with Crippen molar-refractivity contribution in [2.75, 3.05) is 17.6 Å². The second kappa shape index (κ2) is 13.0. The average Bonchev–Trinajstić information content (AvgIpc) is 3.72. The van der Waals surface area contributed by atoms with E-state index in [-0.39, 0.29) is 23.7 Å². The Morgan fingerprint density at radius 3 is 2.57 bits per heavy atom. The van der Waals surface area contributed by atoms with E-state index in [1.54, 1.807) is 35.7 Å². The van der Waals surface area contributed by atoms with Gasteiger partial charge in [-0.3, -0.25) is 9.47 Å². The van der Waals surface area contributed by atoms with Gasteiger partial charge in [0.25, 0.3) is 0 Å². The minimum absolute atomic E-state index is 0.135. The van der Waals surface area contributed by atoms with Crippen molar-refractivity contribution in [2.45, 2.75) is 49.4 Å². The third-order valence-corrected chi connectivity index (χ3v) is 9.30. The Morgan fingerprint density at radius 2 is 1.83 bits per heavy atom. The number of nitrogens with two attached hydrogens (primary N) is 1. The van der Waals surface area contributed by atoms with Crippen molar-refractivity contribution in [1.82, 2.24) is 54.4 Å². The quantitative estimate of drug-likeness (QED) is 0.124. The van der Waals surface area contributed by atoms with Crippen molar-refractivity contribution in [3.63, 3.8) is 0 Å². The van der Waals surface area contributed by atoms with E-state index in [4.69, 9.17) is 21.0 Å². The molecule has 6 heterocycles. The summed E-state index contributed by atoms with van der Waals surface area (Å²) < 4.78 is 2.30. The van der Waals surface area contributed by atoms with Gasteiger partial charge in [-0.15, -0.1) is 0 Å². The highest BCUT2D eigenvalue weighted by Gasteiger charge is 2.27. The smallest absolute Gasteiger partial charge is 0.234 e. The fourth-order valence-corrected chi connectivity index (χ4v) is 6.72. The molecular weight excluding hydrogens is 707 g/mol. The Balaban J connectivity index is 1.15. The van der Waals surface area contributed by atoms with Gasteiger partial charge in [0, 0.05) is 43.4 Å². The molecule has 3 N–H and O–H groups in total. The van der Waals surface area contributed by atoms with Crippen molar-refractivity contribution in [3.05, 3.63) is 78.6 Å². The molecule has 1 fully saturated rings. The minimum Gasteiger partial charge on any atom is -0.382 e. The second-order valence-corrected chi connectivity index (χ2v) is 13.0. The molecule has 1 aliphatic rings. The van der Waals surface area contributed by atoms with E-state index in [2.05, 4.69) is 87.2 Å². The van der Waals surface area contributed by atoms with Crippen LogP contribution in [0.25, 0.3) is 39.8 Å². The number of aromatic nitrogens is 10. The number of hydrogen-bond acceptors (Lipinski definition) is 12. The predicted octanol–water partition coefficient (Wildman–Crippen LogP) is 4.80. The summed E-state index contributed by atoms with van der Waals surface area (Å²) in [5.74, 6) is 1.70. The van der Waals surface area contributed by atoms with E-state index in [9.17, 15) is 0 Å². The van der Waals surface area contributed by atoms with Gasteiger partial charge in [0.15, 0.2) is 17.3 Å². The molecule has 7 rings (SSSR count). The first-order valence-electron chi connectivity index (χ1n) is 15.2. The van der Waals surface area contributed by atoms with Gasteiger partial charge in [-0.1, -0.05) is 34.7 Å². The molecule has 1 aliphatic heterocycles. The SMILES string of the molecule is CC(C)n1ncc(-c2ccc3nc(-c4nccnc4N)n(-c4ccc(CN5CCC(Nc6ccnc(C#N)n6)CC5I)cc4)c3n2)n1. The number of fused-ring (bicyclic) bond motifs is 1. The van der Waals surface area contributed by atoms with Gasteiger partial charge in [0.2, 0.25) is 5.82 Å². The van der Waals surface area contributed by atoms with E-state index in [1.807, 2.05) is 36.6 Å². The van der Waals surface area contributed by atoms with Gasteiger partial charge in [0.05, 0.1) is 22.0 Å². The topological polar surface area (TPSA) is 178 Å². The zero-order chi connectivity index (χ0) is 32.5. The first kappa shape index (κ1) is 30.6. The summed E-state index contributed by atoms with van der Waals surface area (Å²) in [7, 11) is 0. The third-order valence-electron chi connectivity index (χ3n) is 8.00. The van der Waals surface area contributed by atoms with Crippen LogP contribution in [0, 0.1) is 11.3 Å². The Labute approximate surface area is 284 Å². The maximum atomic E-state index is 9.12. The highest BCUT2D eigenvalue weighted by molar-refractivity contribution is 14.1. The molecule has 0 radical (unpaired) electrons. The van der Waals surface area contributed by atoms with Crippen molar-refractivity contribution < 1.29 is 0 Å². The van der Waals surface area contributed by atoms with Gasteiger partial charge in [-0.2, -0.15) is 20.3 Å². The van der Waals surface area contributed by atoms with Gasteiger partial charge in [-0.05, 0) is 62.6 Å². The lowest BCUT2D eigenvalue weighted by Crippen LogP contribution is -2.43. The van der Waals surface area contributed by atoms with Crippen LogP contribution in [-0.4, -0.2) is 71.0 Å². The van der Waals surface area contributed by atoms with E-state index in [0.29, 0.717) is 43.9 Å². The Hall–Kier alpha value is -5.08. The maximum absolute atomic E-state index is 9.12. The number of likely N-dealkylation sites (tertiary alicyclic amines) is 1. The fourth-order valence-electron chi connectivity index (χ4n) is 5.63. The number of nitrogen functional groups attached to an aromatic ring is 1. The molecule has 0 amide bonds. The van der Waals surface area contributed by atoms with Crippen LogP contribution in [-0.2, 0) is 6.54 Å². The molecule has 14 nitrogen and oxygen atoms in total. The molecule has 2 unspecified atom stereocenters. The highest BCUT2D eigenvalue weighted by Crippen LogP contribution is 2.31. The van der Waals surface area contributed by atoms with Crippen LogP contribution < -0.4 is 11.1 Å². The van der Waals surface area contributed by atoms with Crippen LogP contribution in [0.1, 0.15) is 44.1 Å². The molecule has 236 valence electrons. The number of benzene rings is 1. The Bertz CT molecular complexity index is 2080.